The lowest BCUT2D eigenvalue weighted by atomic mass is 9.93. The van der Waals surface area contributed by atoms with Crippen molar-refractivity contribution in [3.05, 3.63) is 28.7 Å². The molecule has 2 saturated heterocycles. The molecule has 0 radical (unpaired) electrons. The number of hydrogen-bond acceptors (Lipinski definition) is 3. The monoisotopic (exact) mass is 352 g/mol. The minimum Gasteiger partial charge on any atom is -0.396 e. The van der Waals surface area contributed by atoms with Crippen molar-refractivity contribution in [2.45, 2.75) is 12.8 Å². The molecular weight excluding hydrogens is 332 g/mol. The fraction of sp³-hybridized carbons (Fsp3) is 0.562. The Hall–Kier alpha value is -1.07. The maximum absolute atomic E-state index is 12.4. The molecule has 0 unspecified atom stereocenters. The third kappa shape index (κ3) is 3.24. The summed E-state index contributed by atoms with van der Waals surface area (Å²) in [6.07, 6.45) is 1.87. The SMILES string of the molecule is O=C(C1CN(c2ccc(Br)cc2)C1)N1CCC(CO)CC1. The van der Waals surface area contributed by atoms with E-state index in [0.717, 1.165) is 43.5 Å². The molecule has 0 saturated carbocycles. The number of piperidine rings is 1. The molecule has 1 amide bonds. The van der Waals surface area contributed by atoms with Crippen molar-refractivity contribution in [3.63, 3.8) is 0 Å². The van der Waals surface area contributed by atoms with Crippen molar-refractivity contribution in [2.24, 2.45) is 11.8 Å². The number of halogens is 1. The highest BCUT2D eigenvalue weighted by Crippen LogP contribution is 2.28. The van der Waals surface area contributed by atoms with Crippen LogP contribution in [0, 0.1) is 11.8 Å². The highest BCUT2D eigenvalue weighted by molar-refractivity contribution is 9.10. The number of aliphatic hydroxyl groups excluding tert-OH is 1. The number of carbonyl (C=O) groups excluding carboxylic acids is 1. The standard InChI is InChI=1S/C16H21BrN2O2/c17-14-1-3-15(4-2-14)19-9-13(10-19)16(21)18-7-5-12(11-20)6-8-18/h1-4,12-13,20H,5-11H2. The zero-order valence-electron chi connectivity index (χ0n) is 12.0. The number of nitrogens with zero attached hydrogens (tertiary/aromatic N) is 2. The van der Waals surface area contributed by atoms with Crippen LogP contribution in [0.25, 0.3) is 0 Å². The zero-order chi connectivity index (χ0) is 14.8. The predicted molar refractivity (Wildman–Crippen MR) is 86.2 cm³/mol. The quantitative estimate of drug-likeness (QED) is 0.905. The van der Waals surface area contributed by atoms with E-state index in [1.807, 2.05) is 17.0 Å². The van der Waals surface area contributed by atoms with Crippen molar-refractivity contribution in [1.29, 1.82) is 0 Å². The van der Waals surface area contributed by atoms with Crippen LogP contribution < -0.4 is 4.90 Å². The maximum Gasteiger partial charge on any atom is 0.229 e. The van der Waals surface area contributed by atoms with Gasteiger partial charge in [-0.05, 0) is 43.0 Å². The Labute approximate surface area is 133 Å². The first-order chi connectivity index (χ1) is 10.2. The van der Waals surface area contributed by atoms with Gasteiger partial charge in [-0.25, -0.2) is 0 Å². The smallest absolute Gasteiger partial charge is 0.229 e. The molecule has 1 aromatic rings. The maximum atomic E-state index is 12.4. The van der Waals surface area contributed by atoms with Crippen LogP contribution in [0.4, 0.5) is 5.69 Å². The van der Waals surface area contributed by atoms with E-state index in [9.17, 15) is 4.79 Å². The third-order valence-electron chi connectivity index (χ3n) is 4.61. The Morgan fingerprint density at radius 2 is 1.81 bits per heavy atom. The van der Waals surface area contributed by atoms with E-state index >= 15 is 0 Å². The highest BCUT2D eigenvalue weighted by Gasteiger charge is 2.36. The lowest BCUT2D eigenvalue weighted by molar-refractivity contribution is -0.138. The second-order valence-electron chi connectivity index (χ2n) is 6.03. The Bertz CT molecular complexity index is 492. The molecule has 5 heteroatoms. The molecule has 2 aliphatic rings. The topological polar surface area (TPSA) is 43.8 Å². The summed E-state index contributed by atoms with van der Waals surface area (Å²) < 4.78 is 1.08. The summed E-state index contributed by atoms with van der Waals surface area (Å²) in [6.45, 7) is 3.50. The van der Waals surface area contributed by atoms with E-state index in [-0.39, 0.29) is 12.5 Å². The Kier molecular flexibility index (Phi) is 4.50. The first-order valence-electron chi connectivity index (χ1n) is 7.57. The minimum atomic E-state index is 0.138. The fourth-order valence-electron chi connectivity index (χ4n) is 3.09. The van der Waals surface area contributed by atoms with Crippen molar-refractivity contribution >= 4 is 27.5 Å². The summed E-state index contributed by atoms with van der Waals surface area (Å²) in [5, 5.41) is 9.15. The first-order valence-corrected chi connectivity index (χ1v) is 8.37. The third-order valence-corrected chi connectivity index (χ3v) is 5.14. The lowest BCUT2D eigenvalue weighted by Crippen LogP contribution is -2.55. The average Bonchev–Trinajstić information content (AvgIpc) is 2.47. The molecule has 2 heterocycles. The number of anilines is 1. The molecule has 0 bridgehead atoms. The number of amides is 1. The Balaban J connectivity index is 1.49. The van der Waals surface area contributed by atoms with Crippen LogP contribution in [0.1, 0.15) is 12.8 Å². The number of aliphatic hydroxyl groups is 1. The summed E-state index contributed by atoms with van der Waals surface area (Å²) in [5.41, 5.74) is 1.18. The molecule has 0 spiro atoms. The van der Waals surface area contributed by atoms with Gasteiger partial charge in [0, 0.05) is 42.9 Å². The number of hydrogen-bond donors (Lipinski definition) is 1. The summed E-state index contributed by atoms with van der Waals surface area (Å²) in [6, 6.07) is 8.23. The second-order valence-corrected chi connectivity index (χ2v) is 6.95. The van der Waals surface area contributed by atoms with Crippen molar-refractivity contribution in [2.75, 3.05) is 37.7 Å². The van der Waals surface area contributed by atoms with Crippen molar-refractivity contribution in [1.82, 2.24) is 4.90 Å². The zero-order valence-corrected chi connectivity index (χ0v) is 13.6. The van der Waals surface area contributed by atoms with Crippen LogP contribution in [0.15, 0.2) is 28.7 Å². The van der Waals surface area contributed by atoms with Gasteiger partial charge in [0.25, 0.3) is 0 Å². The lowest BCUT2D eigenvalue weighted by Gasteiger charge is -2.43. The van der Waals surface area contributed by atoms with E-state index in [1.54, 1.807) is 0 Å². The number of rotatable bonds is 3. The van der Waals surface area contributed by atoms with Gasteiger partial charge < -0.3 is 14.9 Å². The number of benzene rings is 1. The van der Waals surface area contributed by atoms with Crippen molar-refractivity contribution in [3.8, 4) is 0 Å². The second kappa shape index (κ2) is 6.36. The summed E-state index contributed by atoms with van der Waals surface area (Å²) in [7, 11) is 0. The van der Waals surface area contributed by atoms with Gasteiger partial charge in [-0.1, -0.05) is 15.9 Å². The van der Waals surface area contributed by atoms with Gasteiger partial charge in [-0.2, -0.15) is 0 Å². The molecule has 21 heavy (non-hydrogen) atoms. The van der Waals surface area contributed by atoms with E-state index < -0.39 is 0 Å². The van der Waals surface area contributed by atoms with Crippen molar-refractivity contribution < 1.29 is 9.90 Å². The molecule has 0 aromatic heterocycles. The van der Waals surface area contributed by atoms with Gasteiger partial charge in [0.2, 0.25) is 5.91 Å². The molecule has 2 fully saturated rings. The van der Waals surface area contributed by atoms with Crippen LogP contribution in [0.3, 0.4) is 0 Å². The van der Waals surface area contributed by atoms with Gasteiger partial charge in [-0.15, -0.1) is 0 Å². The molecule has 2 aliphatic heterocycles. The summed E-state index contributed by atoms with van der Waals surface area (Å²) in [4.78, 5) is 16.7. The fourth-order valence-corrected chi connectivity index (χ4v) is 3.36. The highest BCUT2D eigenvalue weighted by atomic mass is 79.9. The van der Waals surface area contributed by atoms with E-state index in [2.05, 4.69) is 33.0 Å². The summed E-state index contributed by atoms with van der Waals surface area (Å²) >= 11 is 3.44. The molecule has 0 aliphatic carbocycles. The molecule has 3 rings (SSSR count). The normalized spacial score (nSPS) is 20.5. The van der Waals surface area contributed by atoms with Crippen LogP contribution >= 0.6 is 15.9 Å². The molecule has 1 N–H and O–H groups in total. The van der Waals surface area contributed by atoms with Crippen LogP contribution in [-0.2, 0) is 4.79 Å². The van der Waals surface area contributed by atoms with E-state index in [0.29, 0.717) is 11.8 Å². The van der Waals surface area contributed by atoms with Crippen LogP contribution in [-0.4, -0.2) is 48.7 Å². The van der Waals surface area contributed by atoms with Crippen LogP contribution in [0.5, 0.6) is 0 Å². The van der Waals surface area contributed by atoms with Gasteiger partial charge in [0.1, 0.15) is 0 Å². The van der Waals surface area contributed by atoms with E-state index in [1.165, 1.54) is 5.69 Å². The average molecular weight is 353 g/mol. The van der Waals surface area contributed by atoms with E-state index in [4.69, 9.17) is 5.11 Å². The Morgan fingerprint density at radius 3 is 2.38 bits per heavy atom. The molecule has 0 atom stereocenters. The molecular formula is C16H21BrN2O2. The van der Waals surface area contributed by atoms with Gasteiger partial charge in [0.15, 0.2) is 0 Å². The predicted octanol–water partition coefficient (Wildman–Crippen LogP) is 2.12. The minimum absolute atomic E-state index is 0.138. The van der Waals surface area contributed by atoms with Crippen LogP contribution in [0.2, 0.25) is 0 Å². The summed E-state index contributed by atoms with van der Waals surface area (Å²) in [5.74, 6) is 0.814. The first kappa shape index (κ1) is 14.9. The number of likely N-dealkylation sites (tertiary alicyclic amines) is 1. The molecule has 1 aromatic carbocycles. The molecule has 4 nitrogen and oxygen atoms in total. The van der Waals surface area contributed by atoms with Gasteiger partial charge >= 0.3 is 0 Å². The van der Waals surface area contributed by atoms with Gasteiger partial charge in [-0.3, -0.25) is 4.79 Å². The largest absolute Gasteiger partial charge is 0.396 e. The van der Waals surface area contributed by atoms with Gasteiger partial charge in [0.05, 0.1) is 5.92 Å². The number of carbonyl (C=O) groups is 1. The Morgan fingerprint density at radius 1 is 1.19 bits per heavy atom. The molecule has 114 valence electrons.